The van der Waals surface area contributed by atoms with Crippen LogP contribution in [0.2, 0.25) is 0 Å². The molecule has 0 saturated carbocycles. The maximum atomic E-state index is 13.0. The van der Waals surface area contributed by atoms with Crippen molar-refractivity contribution in [1.29, 1.82) is 0 Å². The molecule has 1 aromatic heterocycles. The van der Waals surface area contributed by atoms with E-state index in [9.17, 15) is 4.39 Å². The highest BCUT2D eigenvalue weighted by Gasteiger charge is 2.15. The number of aromatic nitrogens is 2. The molecule has 24 heavy (non-hydrogen) atoms. The molecule has 3 rings (SSSR count). The average Bonchev–Trinajstić information content (AvgIpc) is 2.59. The molecule has 2 N–H and O–H groups in total. The lowest BCUT2D eigenvalue weighted by Crippen LogP contribution is -2.28. The maximum Gasteiger partial charge on any atom is 0.131 e. The summed E-state index contributed by atoms with van der Waals surface area (Å²) in [6, 6.07) is 6.71. The second kappa shape index (κ2) is 7.53. The van der Waals surface area contributed by atoms with Crippen LogP contribution in [0.4, 0.5) is 10.2 Å². The minimum atomic E-state index is -0.196. The minimum absolute atomic E-state index is 0.196. The van der Waals surface area contributed by atoms with Crippen LogP contribution in [-0.4, -0.2) is 28.0 Å². The summed E-state index contributed by atoms with van der Waals surface area (Å²) in [5.41, 5.74) is 9.42. The van der Waals surface area contributed by atoms with Crippen LogP contribution in [0.15, 0.2) is 36.5 Å². The van der Waals surface area contributed by atoms with E-state index in [4.69, 9.17) is 5.73 Å². The zero-order valence-corrected chi connectivity index (χ0v) is 14.0. The summed E-state index contributed by atoms with van der Waals surface area (Å²) >= 11 is 0. The first-order valence-corrected chi connectivity index (χ1v) is 8.43. The molecule has 1 aliphatic rings. The van der Waals surface area contributed by atoms with E-state index in [1.165, 1.54) is 17.7 Å². The van der Waals surface area contributed by atoms with Crippen molar-refractivity contribution in [1.82, 2.24) is 14.9 Å². The van der Waals surface area contributed by atoms with Crippen molar-refractivity contribution in [3.63, 3.8) is 0 Å². The van der Waals surface area contributed by atoms with Crippen molar-refractivity contribution < 1.29 is 4.39 Å². The average molecular weight is 326 g/mol. The number of benzene rings is 1. The molecule has 5 heteroatoms. The van der Waals surface area contributed by atoms with Crippen LogP contribution >= 0.6 is 0 Å². The first-order chi connectivity index (χ1) is 11.7. The second-order valence-corrected chi connectivity index (χ2v) is 6.17. The van der Waals surface area contributed by atoms with Gasteiger partial charge in [-0.1, -0.05) is 25.1 Å². The van der Waals surface area contributed by atoms with E-state index in [0.29, 0.717) is 5.82 Å². The molecule has 0 atom stereocenters. The van der Waals surface area contributed by atoms with Crippen LogP contribution in [0.3, 0.4) is 0 Å². The van der Waals surface area contributed by atoms with E-state index >= 15 is 0 Å². The summed E-state index contributed by atoms with van der Waals surface area (Å²) in [5.74, 6) is 1.21. The van der Waals surface area contributed by atoms with Crippen LogP contribution in [0, 0.1) is 5.82 Å². The number of nitrogens with zero attached hydrogens (tertiary/aromatic N) is 3. The van der Waals surface area contributed by atoms with Gasteiger partial charge in [0.1, 0.15) is 17.5 Å². The Bertz CT molecular complexity index is 725. The number of hydrogen-bond donors (Lipinski definition) is 1. The normalized spacial score (nSPS) is 15.3. The highest BCUT2D eigenvalue weighted by atomic mass is 19.1. The quantitative estimate of drug-likeness (QED) is 0.914. The number of aryl methyl sites for hydroxylation is 1. The monoisotopic (exact) mass is 326 g/mol. The molecule has 0 saturated heterocycles. The smallest absolute Gasteiger partial charge is 0.131 e. The van der Waals surface area contributed by atoms with Gasteiger partial charge in [-0.2, -0.15) is 0 Å². The Hall–Kier alpha value is -2.27. The molecule has 0 radical (unpaired) electrons. The summed E-state index contributed by atoms with van der Waals surface area (Å²) in [5, 5.41) is 0. The lowest BCUT2D eigenvalue weighted by atomic mass is 9.99. The number of nitrogens with two attached hydrogens (primary N) is 1. The Balaban J connectivity index is 1.63. The molecule has 0 spiro atoms. The van der Waals surface area contributed by atoms with Crippen molar-refractivity contribution in [3.05, 3.63) is 59.3 Å². The van der Waals surface area contributed by atoms with Gasteiger partial charge in [-0.3, -0.25) is 4.90 Å². The molecule has 0 fully saturated rings. The fourth-order valence-electron chi connectivity index (χ4n) is 2.95. The Morgan fingerprint density at radius 1 is 1.25 bits per heavy atom. The topological polar surface area (TPSA) is 55.0 Å². The molecule has 0 bridgehead atoms. The number of anilines is 1. The summed E-state index contributed by atoms with van der Waals surface area (Å²) in [4.78, 5) is 11.1. The molecule has 4 nitrogen and oxygen atoms in total. The lowest BCUT2D eigenvalue weighted by molar-refractivity contribution is 0.293. The van der Waals surface area contributed by atoms with Gasteiger partial charge in [0.15, 0.2) is 0 Å². The van der Waals surface area contributed by atoms with Gasteiger partial charge in [0.05, 0.1) is 0 Å². The summed E-state index contributed by atoms with van der Waals surface area (Å²) < 4.78 is 13.0. The van der Waals surface area contributed by atoms with Gasteiger partial charge >= 0.3 is 0 Å². The third-order valence-corrected chi connectivity index (χ3v) is 4.32. The van der Waals surface area contributed by atoms with Gasteiger partial charge in [0.25, 0.3) is 0 Å². The third kappa shape index (κ3) is 3.97. The Kier molecular flexibility index (Phi) is 5.20. The summed E-state index contributed by atoms with van der Waals surface area (Å²) in [6.07, 6.45) is 6.88. The van der Waals surface area contributed by atoms with E-state index in [0.717, 1.165) is 55.8 Å². The SMILES string of the molecule is CCCc1ncc(CN2CC=C(c3ccc(F)cc3)CC2)c(N)n1. The number of halogens is 1. The Morgan fingerprint density at radius 2 is 2.04 bits per heavy atom. The molecule has 2 heterocycles. The van der Waals surface area contributed by atoms with E-state index < -0.39 is 0 Å². The summed E-state index contributed by atoms with van der Waals surface area (Å²) in [6.45, 7) is 4.65. The van der Waals surface area contributed by atoms with E-state index in [1.807, 2.05) is 18.3 Å². The molecule has 0 unspecified atom stereocenters. The highest BCUT2D eigenvalue weighted by Crippen LogP contribution is 2.24. The zero-order valence-electron chi connectivity index (χ0n) is 14.0. The molecule has 1 aliphatic heterocycles. The largest absolute Gasteiger partial charge is 0.383 e. The van der Waals surface area contributed by atoms with Crippen molar-refractivity contribution in [2.24, 2.45) is 0 Å². The molecule has 0 amide bonds. The molecule has 126 valence electrons. The molecular formula is C19H23FN4. The molecule has 1 aromatic carbocycles. The van der Waals surface area contributed by atoms with Crippen molar-refractivity contribution >= 4 is 11.4 Å². The predicted molar refractivity (Wildman–Crippen MR) is 94.7 cm³/mol. The van der Waals surface area contributed by atoms with Gasteiger partial charge in [-0.25, -0.2) is 14.4 Å². The Labute approximate surface area is 142 Å². The molecule has 2 aromatic rings. The van der Waals surface area contributed by atoms with Crippen molar-refractivity contribution in [2.45, 2.75) is 32.7 Å². The summed E-state index contributed by atoms with van der Waals surface area (Å²) in [7, 11) is 0. The van der Waals surface area contributed by atoms with Gasteiger partial charge < -0.3 is 5.73 Å². The number of rotatable bonds is 5. The third-order valence-electron chi connectivity index (χ3n) is 4.32. The van der Waals surface area contributed by atoms with E-state index in [-0.39, 0.29) is 5.82 Å². The lowest BCUT2D eigenvalue weighted by Gasteiger charge is -2.26. The van der Waals surface area contributed by atoms with Crippen LogP contribution in [0.25, 0.3) is 5.57 Å². The number of hydrogen-bond acceptors (Lipinski definition) is 4. The molecule has 0 aliphatic carbocycles. The maximum absolute atomic E-state index is 13.0. The van der Waals surface area contributed by atoms with Crippen LogP contribution in [-0.2, 0) is 13.0 Å². The minimum Gasteiger partial charge on any atom is -0.383 e. The first kappa shape index (κ1) is 16.6. The van der Waals surface area contributed by atoms with Crippen LogP contribution in [0.5, 0.6) is 0 Å². The van der Waals surface area contributed by atoms with E-state index in [1.54, 1.807) is 0 Å². The fraction of sp³-hybridized carbons (Fsp3) is 0.368. The standard InChI is InChI=1S/C19H23FN4/c1-2-3-18-22-12-16(19(21)23-18)13-24-10-8-15(9-11-24)14-4-6-17(20)7-5-14/h4-8,12H,2-3,9-11,13H2,1H3,(H2,21,22,23). The Morgan fingerprint density at radius 3 is 2.67 bits per heavy atom. The highest BCUT2D eigenvalue weighted by molar-refractivity contribution is 5.66. The van der Waals surface area contributed by atoms with Gasteiger partial charge in [-0.15, -0.1) is 0 Å². The van der Waals surface area contributed by atoms with E-state index in [2.05, 4.69) is 27.9 Å². The van der Waals surface area contributed by atoms with Gasteiger partial charge in [0.2, 0.25) is 0 Å². The predicted octanol–water partition coefficient (Wildman–Crippen LogP) is 3.44. The van der Waals surface area contributed by atoms with Crippen molar-refractivity contribution in [3.8, 4) is 0 Å². The van der Waals surface area contributed by atoms with Gasteiger partial charge in [0, 0.05) is 37.8 Å². The molecular weight excluding hydrogens is 303 g/mol. The van der Waals surface area contributed by atoms with Gasteiger partial charge in [-0.05, 0) is 36.1 Å². The number of nitrogen functional groups attached to an aromatic ring is 1. The first-order valence-electron chi connectivity index (χ1n) is 8.43. The van der Waals surface area contributed by atoms with Crippen LogP contribution < -0.4 is 5.73 Å². The second-order valence-electron chi connectivity index (χ2n) is 6.17. The van der Waals surface area contributed by atoms with Crippen LogP contribution in [0.1, 0.15) is 36.7 Å². The fourth-order valence-corrected chi connectivity index (χ4v) is 2.95. The zero-order chi connectivity index (χ0) is 16.9. The van der Waals surface area contributed by atoms with Crippen molar-refractivity contribution in [2.75, 3.05) is 18.8 Å².